The van der Waals surface area contributed by atoms with Crippen molar-refractivity contribution >= 4 is 22.8 Å². The smallest absolute Gasteiger partial charge is 0.247 e. The molecule has 1 amide bonds. The van der Waals surface area contributed by atoms with Gasteiger partial charge in [0.1, 0.15) is 23.5 Å². The zero-order valence-corrected chi connectivity index (χ0v) is 19.0. The van der Waals surface area contributed by atoms with Gasteiger partial charge in [0.2, 0.25) is 11.8 Å². The number of aromatic nitrogens is 4. The summed E-state index contributed by atoms with van der Waals surface area (Å²) in [5, 5.41) is 4.22. The van der Waals surface area contributed by atoms with E-state index >= 15 is 0 Å². The Bertz CT molecular complexity index is 1390. The fraction of sp³-hybridized carbons (Fsp3) is 0.200. The fourth-order valence-electron chi connectivity index (χ4n) is 4.43. The number of rotatable bonds is 5. The molecule has 1 aromatic carbocycles. The molecule has 9 nitrogen and oxygen atoms in total. The first-order chi connectivity index (χ1) is 16.5. The number of anilines is 1. The van der Waals surface area contributed by atoms with Crippen LogP contribution >= 0.6 is 0 Å². The van der Waals surface area contributed by atoms with Gasteiger partial charge in [0.15, 0.2) is 0 Å². The van der Waals surface area contributed by atoms with Crippen LogP contribution in [0.25, 0.3) is 22.2 Å². The topological polar surface area (TPSA) is 111 Å². The van der Waals surface area contributed by atoms with E-state index < -0.39 is 0 Å². The number of nitrogens with zero attached hydrogens (tertiary/aromatic N) is 5. The van der Waals surface area contributed by atoms with Crippen LogP contribution in [0.2, 0.25) is 0 Å². The number of nitrogen functional groups attached to an aromatic ring is 1. The van der Waals surface area contributed by atoms with Gasteiger partial charge >= 0.3 is 0 Å². The highest BCUT2D eigenvalue weighted by Gasteiger charge is 2.32. The van der Waals surface area contributed by atoms with Crippen molar-refractivity contribution in [3.05, 3.63) is 72.8 Å². The van der Waals surface area contributed by atoms with Crippen LogP contribution in [0, 0.1) is 6.92 Å². The molecule has 1 aliphatic rings. The summed E-state index contributed by atoms with van der Waals surface area (Å²) in [6, 6.07) is 13.3. The van der Waals surface area contributed by atoms with Crippen molar-refractivity contribution in [2.75, 3.05) is 18.9 Å². The second-order valence-electron chi connectivity index (χ2n) is 8.20. The quantitative estimate of drug-likeness (QED) is 0.444. The van der Waals surface area contributed by atoms with Crippen LogP contribution in [0.5, 0.6) is 11.6 Å². The zero-order chi connectivity index (χ0) is 23.8. The van der Waals surface area contributed by atoms with Crippen LogP contribution in [-0.4, -0.2) is 43.5 Å². The molecular formula is C25H25N7O2. The van der Waals surface area contributed by atoms with Gasteiger partial charge in [-0.1, -0.05) is 24.8 Å². The number of nitrogens with two attached hydrogens (primary N) is 1. The van der Waals surface area contributed by atoms with Crippen LogP contribution in [0.4, 0.5) is 5.82 Å². The number of aryl methyl sites for hydroxylation is 2. The summed E-state index contributed by atoms with van der Waals surface area (Å²) in [5.41, 5.74) is 10.8. The van der Waals surface area contributed by atoms with E-state index in [1.54, 1.807) is 4.90 Å². The first-order valence-corrected chi connectivity index (χ1v) is 10.9. The summed E-state index contributed by atoms with van der Waals surface area (Å²) in [4.78, 5) is 27.0. The van der Waals surface area contributed by atoms with Crippen molar-refractivity contribution in [3.8, 4) is 22.8 Å². The highest BCUT2D eigenvalue weighted by molar-refractivity contribution is 6.02. The van der Waals surface area contributed by atoms with Crippen molar-refractivity contribution in [2.24, 2.45) is 7.05 Å². The van der Waals surface area contributed by atoms with Crippen molar-refractivity contribution in [1.29, 1.82) is 0 Å². The lowest BCUT2D eigenvalue weighted by Gasteiger charge is -2.16. The number of ether oxygens (including phenoxy) is 1. The normalized spacial score (nSPS) is 15.6. The van der Waals surface area contributed by atoms with E-state index in [9.17, 15) is 4.79 Å². The number of nitrogens with one attached hydrogen (secondary N) is 1. The molecule has 4 aromatic rings. The summed E-state index contributed by atoms with van der Waals surface area (Å²) >= 11 is 0. The molecule has 0 radical (unpaired) electrons. The molecule has 0 spiro atoms. The molecule has 3 N–H and O–H groups in total. The fourth-order valence-corrected chi connectivity index (χ4v) is 4.43. The van der Waals surface area contributed by atoms with Gasteiger partial charge < -0.3 is 19.9 Å². The molecule has 0 aliphatic carbocycles. The van der Waals surface area contributed by atoms with Crippen molar-refractivity contribution in [3.63, 3.8) is 0 Å². The van der Waals surface area contributed by atoms with Gasteiger partial charge in [0, 0.05) is 36.6 Å². The van der Waals surface area contributed by atoms with E-state index in [1.807, 2.05) is 61.0 Å². The summed E-state index contributed by atoms with van der Waals surface area (Å²) in [6.45, 7) is 6.47. The van der Waals surface area contributed by atoms with Crippen LogP contribution in [0.1, 0.15) is 17.4 Å². The number of hydrogen-bond acceptors (Lipinski definition) is 7. The van der Waals surface area contributed by atoms with Gasteiger partial charge in [-0.15, -0.1) is 0 Å². The molecule has 172 valence electrons. The first-order valence-electron chi connectivity index (χ1n) is 10.9. The first kappa shape index (κ1) is 21.6. The summed E-state index contributed by atoms with van der Waals surface area (Å²) in [6.07, 6.45) is 2.80. The highest BCUT2D eigenvalue weighted by Crippen LogP contribution is 2.40. The minimum atomic E-state index is -0.110. The van der Waals surface area contributed by atoms with Crippen molar-refractivity contribution in [1.82, 2.24) is 29.7 Å². The number of hydrogen-bond donors (Lipinski definition) is 2. The second-order valence-corrected chi connectivity index (χ2v) is 8.20. The number of amides is 1. The van der Waals surface area contributed by atoms with E-state index in [0.717, 1.165) is 33.5 Å². The van der Waals surface area contributed by atoms with Crippen LogP contribution in [0.15, 0.2) is 61.4 Å². The standard InChI is InChI=1S/C25H25N7O2/c1-4-20(33)32-12-18(29-14-32)23-21(22-24(26)27-13-28-25(22)31(23)3)16-8-10-17(11-9-16)34-19-7-5-6-15(2)30-19/h4-11,13,18,29H,1,12,14H2,2-3H3,(H2,26,27,28). The molecule has 1 saturated heterocycles. The highest BCUT2D eigenvalue weighted by atomic mass is 16.5. The van der Waals surface area contributed by atoms with Gasteiger partial charge in [-0.2, -0.15) is 0 Å². The van der Waals surface area contributed by atoms with Gasteiger partial charge in [-0.05, 0) is 36.8 Å². The van der Waals surface area contributed by atoms with E-state index in [4.69, 9.17) is 10.5 Å². The average Bonchev–Trinajstić information content (AvgIpc) is 3.43. The Hall–Kier alpha value is -4.24. The Labute approximate surface area is 196 Å². The number of benzene rings is 1. The molecule has 1 atom stereocenters. The predicted molar refractivity (Wildman–Crippen MR) is 130 cm³/mol. The third kappa shape index (κ3) is 3.75. The lowest BCUT2D eigenvalue weighted by molar-refractivity contribution is -0.125. The molecule has 1 fully saturated rings. The Morgan fingerprint density at radius 3 is 2.76 bits per heavy atom. The van der Waals surface area contributed by atoms with Crippen LogP contribution in [-0.2, 0) is 11.8 Å². The molecule has 9 heteroatoms. The SMILES string of the molecule is C=CC(=O)N1CNC(c2c(-c3ccc(Oc4cccc(C)n4)cc3)c3c(N)ncnc3n2C)C1. The van der Waals surface area contributed by atoms with Gasteiger partial charge in [0.05, 0.1) is 18.1 Å². The van der Waals surface area contributed by atoms with Crippen molar-refractivity contribution < 1.29 is 9.53 Å². The summed E-state index contributed by atoms with van der Waals surface area (Å²) in [7, 11) is 1.95. The minimum Gasteiger partial charge on any atom is -0.439 e. The van der Waals surface area contributed by atoms with Crippen LogP contribution in [0.3, 0.4) is 0 Å². The monoisotopic (exact) mass is 455 g/mol. The average molecular weight is 456 g/mol. The molecule has 4 heterocycles. The number of carbonyl (C=O) groups is 1. The largest absolute Gasteiger partial charge is 0.439 e. The lowest BCUT2D eigenvalue weighted by Crippen LogP contribution is -2.27. The molecular weight excluding hydrogens is 430 g/mol. The molecule has 34 heavy (non-hydrogen) atoms. The van der Waals surface area contributed by atoms with Crippen molar-refractivity contribution in [2.45, 2.75) is 13.0 Å². The van der Waals surface area contributed by atoms with Gasteiger partial charge in [0.25, 0.3) is 0 Å². The van der Waals surface area contributed by atoms with Gasteiger partial charge in [-0.25, -0.2) is 15.0 Å². The van der Waals surface area contributed by atoms with E-state index in [2.05, 4.69) is 26.8 Å². The lowest BCUT2D eigenvalue weighted by atomic mass is 9.99. The van der Waals surface area contributed by atoms with E-state index in [1.165, 1.54) is 12.4 Å². The Morgan fingerprint density at radius 2 is 2.03 bits per heavy atom. The van der Waals surface area contributed by atoms with Gasteiger partial charge in [-0.3, -0.25) is 10.1 Å². The molecule has 0 saturated carbocycles. The zero-order valence-electron chi connectivity index (χ0n) is 19.0. The molecule has 0 bridgehead atoms. The van der Waals surface area contributed by atoms with Crippen LogP contribution < -0.4 is 15.8 Å². The third-order valence-electron chi connectivity index (χ3n) is 6.02. The maximum absolute atomic E-state index is 12.2. The predicted octanol–water partition coefficient (Wildman–Crippen LogP) is 3.33. The number of carbonyl (C=O) groups excluding carboxylic acids is 1. The Kier molecular flexibility index (Phi) is 5.46. The van der Waals surface area contributed by atoms with E-state index in [0.29, 0.717) is 30.7 Å². The number of fused-ring (bicyclic) bond motifs is 1. The summed E-state index contributed by atoms with van der Waals surface area (Å²) < 4.78 is 7.93. The second kappa shape index (κ2) is 8.60. The summed E-state index contributed by atoms with van der Waals surface area (Å²) in [5.74, 6) is 1.51. The minimum absolute atomic E-state index is 0.107. The molecule has 1 aliphatic heterocycles. The van der Waals surface area contributed by atoms with E-state index in [-0.39, 0.29) is 11.9 Å². The Morgan fingerprint density at radius 1 is 1.24 bits per heavy atom. The molecule has 1 unspecified atom stereocenters. The maximum atomic E-state index is 12.2. The third-order valence-corrected chi connectivity index (χ3v) is 6.02. The maximum Gasteiger partial charge on any atom is 0.247 e. The molecule has 5 rings (SSSR count). The number of pyridine rings is 1. The Balaban J connectivity index is 1.57. The molecule has 3 aromatic heterocycles.